The molecule has 0 aromatic carbocycles. The van der Waals surface area contributed by atoms with Gasteiger partial charge in [-0.25, -0.2) is 0 Å². The van der Waals surface area contributed by atoms with Crippen molar-refractivity contribution in [1.29, 1.82) is 0 Å². The number of aromatic nitrogens is 1. The number of hydrogen-bond donors (Lipinski definition) is 1. The number of rotatable bonds is 4. The molecule has 0 aliphatic heterocycles. The van der Waals surface area contributed by atoms with Gasteiger partial charge in [-0.3, -0.25) is 4.98 Å². The Labute approximate surface area is 120 Å². The van der Waals surface area contributed by atoms with Crippen molar-refractivity contribution in [1.82, 2.24) is 4.98 Å². The molecule has 0 aliphatic carbocycles. The topological polar surface area (TPSA) is 42.1 Å². The first-order chi connectivity index (χ1) is 8.60. The smallest absolute Gasteiger partial charge is 0.0701 e. The minimum Gasteiger partial charge on any atom is -0.370 e. The van der Waals surface area contributed by atoms with E-state index < -0.39 is 0 Å². The van der Waals surface area contributed by atoms with E-state index in [1.165, 1.54) is 5.56 Å². The number of nitrogens with zero attached hydrogens (tertiary/aromatic N) is 2. The molecule has 18 heavy (non-hydrogen) atoms. The third-order valence-corrected chi connectivity index (χ3v) is 4.32. The summed E-state index contributed by atoms with van der Waals surface area (Å²) in [5.41, 5.74) is 10.3. The molecule has 2 N–H and O–H groups in total. The third kappa shape index (κ3) is 3.10. The van der Waals surface area contributed by atoms with Gasteiger partial charge in [-0.2, -0.15) is 0 Å². The molecule has 0 saturated heterocycles. The van der Waals surface area contributed by atoms with E-state index in [1.807, 2.05) is 13.1 Å². The molecule has 2 aromatic heterocycles. The van der Waals surface area contributed by atoms with Crippen LogP contribution in [0.2, 0.25) is 0 Å². The van der Waals surface area contributed by atoms with Gasteiger partial charge in [-0.15, -0.1) is 11.3 Å². The molecule has 5 heteroatoms. The van der Waals surface area contributed by atoms with Gasteiger partial charge in [0.15, 0.2) is 0 Å². The fraction of sp³-hybridized carbons (Fsp3) is 0.308. The van der Waals surface area contributed by atoms with Crippen LogP contribution < -0.4 is 10.6 Å². The summed E-state index contributed by atoms with van der Waals surface area (Å²) in [6, 6.07) is 4.24. The van der Waals surface area contributed by atoms with Gasteiger partial charge in [0.2, 0.25) is 0 Å². The predicted octanol–water partition coefficient (Wildman–Crippen LogP) is 3.31. The summed E-state index contributed by atoms with van der Waals surface area (Å²) >= 11 is 5.20. The van der Waals surface area contributed by atoms with Crippen molar-refractivity contribution in [3.05, 3.63) is 44.3 Å². The number of pyridine rings is 1. The van der Waals surface area contributed by atoms with Crippen molar-refractivity contribution in [2.24, 2.45) is 5.73 Å². The van der Waals surface area contributed by atoms with E-state index in [0.29, 0.717) is 6.54 Å². The molecule has 0 spiro atoms. The summed E-state index contributed by atoms with van der Waals surface area (Å²) in [6.07, 6.45) is 1.87. The van der Waals surface area contributed by atoms with Gasteiger partial charge in [-0.05, 0) is 45.9 Å². The van der Waals surface area contributed by atoms with Crippen molar-refractivity contribution in [2.45, 2.75) is 20.0 Å². The van der Waals surface area contributed by atoms with Crippen molar-refractivity contribution < 1.29 is 0 Å². The van der Waals surface area contributed by atoms with Crippen LogP contribution in [0.25, 0.3) is 0 Å². The van der Waals surface area contributed by atoms with Crippen LogP contribution in [0.5, 0.6) is 0 Å². The van der Waals surface area contributed by atoms with Crippen LogP contribution in [0.4, 0.5) is 5.69 Å². The average molecular weight is 326 g/mol. The Morgan fingerprint density at radius 1 is 1.44 bits per heavy atom. The lowest BCUT2D eigenvalue weighted by molar-refractivity contribution is 0.897. The van der Waals surface area contributed by atoms with Crippen LogP contribution in [-0.2, 0) is 13.1 Å². The molecule has 0 unspecified atom stereocenters. The monoisotopic (exact) mass is 325 g/mol. The zero-order valence-electron chi connectivity index (χ0n) is 10.5. The maximum atomic E-state index is 5.76. The highest BCUT2D eigenvalue weighted by atomic mass is 79.9. The summed E-state index contributed by atoms with van der Waals surface area (Å²) in [5, 5.41) is 2.16. The number of halogens is 1. The third-order valence-electron chi connectivity index (χ3n) is 2.77. The maximum Gasteiger partial charge on any atom is 0.0701 e. The van der Waals surface area contributed by atoms with Crippen LogP contribution in [-0.4, -0.2) is 12.0 Å². The highest BCUT2D eigenvalue weighted by molar-refractivity contribution is 9.11. The number of aryl methyl sites for hydroxylation is 1. The van der Waals surface area contributed by atoms with Gasteiger partial charge in [-0.1, -0.05) is 0 Å². The van der Waals surface area contributed by atoms with Crippen molar-refractivity contribution in [3.8, 4) is 0 Å². The average Bonchev–Trinajstić information content (AvgIpc) is 2.74. The van der Waals surface area contributed by atoms with E-state index in [-0.39, 0.29) is 0 Å². The molecule has 2 aromatic rings. The van der Waals surface area contributed by atoms with E-state index >= 15 is 0 Å². The minimum absolute atomic E-state index is 0.514. The minimum atomic E-state index is 0.514. The summed E-state index contributed by atoms with van der Waals surface area (Å²) in [4.78, 5) is 6.51. The van der Waals surface area contributed by atoms with E-state index in [9.17, 15) is 0 Å². The highest BCUT2D eigenvalue weighted by Gasteiger charge is 2.09. The zero-order chi connectivity index (χ0) is 13.1. The second kappa shape index (κ2) is 5.82. The van der Waals surface area contributed by atoms with Crippen LogP contribution in [0.1, 0.15) is 16.8 Å². The zero-order valence-corrected chi connectivity index (χ0v) is 12.9. The Hall–Kier alpha value is -0.910. The van der Waals surface area contributed by atoms with Crippen LogP contribution >= 0.6 is 27.3 Å². The fourth-order valence-corrected chi connectivity index (χ4v) is 3.07. The second-order valence-corrected chi connectivity index (χ2v) is 6.56. The summed E-state index contributed by atoms with van der Waals surface area (Å²) in [7, 11) is 2.08. The number of thiophene rings is 1. The maximum absolute atomic E-state index is 5.76. The van der Waals surface area contributed by atoms with Gasteiger partial charge in [0.05, 0.1) is 3.79 Å². The Kier molecular flexibility index (Phi) is 4.37. The standard InChI is InChI=1S/C13H16BrN3S/c1-9-3-12(11(5-15)6-16-9)17(2)7-10-4-13(14)18-8-10/h3-4,6,8H,5,7,15H2,1-2H3. The second-order valence-electron chi connectivity index (χ2n) is 4.27. The van der Waals surface area contributed by atoms with Crippen LogP contribution in [0.3, 0.4) is 0 Å². The SMILES string of the molecule is Cc1cc(N(C)Cc2csc(Br)c2)c(CN)cn1. The van der Waals surface area contributed by atoms with Gasteiger partial charge in [0, 0.05) is 43.3 Å². The van der Waals surface area contributed by atoms with E-state index in [4.69, 9.17) is 5.73 Å². The highest BCUT2D eigenvalue weighted by Crippen LogP contribution is 2.25. The Balaban J connectivity index is 2.22. The molecule has 96 valence electrons. The summed E-state index contributed by atoms with van der Waals surface area (Å²) in [5.74, 6) is 0. The quantitative estimate of drug-likeness (QED) is 0.937. The van der Waals surface area contributed by atoms with Gasteiger partial charge in [0.1, 0.15) is 0 Å². The molecule has 0 radical (unpaired) electrons. The molecular formula is C13H16BrN3S. The molecule has 0 saturated carbocycles. The van der Waals surface area contributed by atoms with Gasteiger partial charge >= 0.3 is 0 Å². The molecule has 0 bridgehead atoms. The number of nitrogens with two attached hydrogens (primary N) is 1. The lowest BCUT2D eigenvalue weighted by Gasteiger charge is -2.22. The normalized spacial score (nSPS) is 10.7. The summed E-state index contributed by atoms with van der Waals surface area (Å²) < 4.78 is 1.16. The molecule has 0 aliphatic rings. The molecule has 2 rings (SSSR count). The molecule has 2 heterocycles. The molecule has 0 atom stereocenters. The molecule has 3 nitrogen and oxygen atoms in total. The Morgan fingerprint density at radius 3 is 2.83 bits per heavy atom. The van der Waals surface area contributed by atoms with E-state index in [2.05, 4.69) is 50.4 Å². The van der Waals surface area contributed by atoms with Crippen LogP contribution in [0, 0.1) is 6.92 Å². The lowest BCUT2D eigenvalue weighted by atomic mass is 10.2. The summed E-state index contributed by atoms with van der Waals surface area (Å²) in [6.45, 7) is 3.39. The number of anilines is 1. The van der Waals surface area contributed by atoms with Crippen molar-refractivity contribution >= 4 is 33.0 Å². The fourth-order valence-electron chi connectivity index (χ4n) is 1.87. The lowest BCUT2D eigenvalue weighted by Crippen LogP contribution is -2.19. The Morgan fingerprint density at radius 2 is 2.22 bits per heavy atom. The molecular weight excluding hydrogens is 310 g/mol. The van der Waals surface area contributed by atoms with Crippen molar-refractivity contribution in [2.75, 3.05) is 11.9 Å². The Bertz CT molecular complexity index is 539. The van der Waals surface area contributed by atoms with Crippen molar-refractivity contribution in [3.63, 3.8) is 0 Å². The molecule has 0 amide bonds. The number of hydrogen-bond acceptors (Lipinski definition) is 4. The van der Waals surface area contributed by atoms with E-state index in [0.717, 1.165) is 27.3 Å². The molecule has 0 fully saturated rings. The van der Waals surface area contributed by atoms with Crippen LogP contribution in [0.15, 0.2) is 27.5 Å². The predicted molar refractivity (Wildman–Crippen MR) is 81.0 cm³/mol. The first-order valence-corrected chi connectivity index (χ1v) is 7.37. The van der Waals surface area contributed by atoms with E-state index in [1.54, 1.807) is 11.3 Å². The van der Waals surface area contributed by atoms with Gasteiger partial charge < -0.3 is 10.6 Å². The van der Waals surface area contributed by atoms with Gasteiger partial charge in [0.25, 0.3) is 0 Å². The largest absolute Gasteiger partial charge is 0.370 e. The first-order valence-electron chi connectivity index (χ1n) is 5.70. The first kappa shape index (κ1) is 13.5.